The third kappa shape index (κ3) is 3.09. The summed E-state index contributed by atoms with van der Waals surface area (Å²) < 4.78 is 0. The Morgan fingerprint density at radius 2 is 2.08 bits per heavy atom. The molecule has 25 heavy (non-hydrogen) atoms. The summed E-state index contributed by atoms with van der Waals surface area (Å²) in [5, 5.41) is 11.6. The highest BCUT2D eigenvalue weighted by Gasteiger charge is 2.61. The van der Waals surface area contributed by atoms with Crippen LogP contribution in [0.4, 0.5) is 0 Å². The number of carbonyl (C=O) groups excluding carboxylic acids is 2. The number of fused-ring (bicyclic) bond motifs is 1. The third-order valence-corrected chi connectivity index (χ3v) is 6.54. The molecule has 0 spiro atoms. The average molecular weight is 384 g/mol. The standard InChI is InChI=1S/C16H18ClN3O4S/c1-16(17)7-25-14-10(13(22)20(14)11(16)15(23)24)19-12(21)9(18)8-5-3-2-4-6-8/h2-6,9-11,14H,7,18H2,1H3,(H,19,21)(H,23,24)/t9?,10-,11+,14+,16-/m1/s1. The molecule has 2 saturated heterocycles. The third-order valence-electron chi connectivity index (χ3n) is 4.44. The molecule has 2 amide bonds. The van der Waals surface area contributed by atoms with E-state index in [0.29, 0.717) is 11.3 Å². The minimum Gasteiger partial charge on any atom is -0.480 e. The molecular formula is C16H18ClN3O4S. The number of nitrogens with one attached hydrogen (secondary N) is 1. The predicted octanol–water partition coefficient (Wildman–Crippen LogP) is 0.537. The Hall–Kier alpha value is -1.77. The van der Waals surface area contributed by atoms with Gasteiger partial charge in [0.05, 0.1) is 4.87 Å². The quantitative estimate of drug-likeness (QED) is 0.516. The normalized spacial score (nSPS) is 32.4. The maximum absolute atomic E-state index is 12.4. The van der Waals surface area contributed by atoms with Gasteiger partial charge < -0.3 is 21.1 Å². The molecule has 3 rings (SSSR count). The van der Waals surface area contributed by atoms with Crippen LogP contribution in [-0.2, 0) is 14.4 Å². The molecule has 2 aliphatic heterocycles. The van der Waals surface area contributed by atoms with Crippen LogP contribution < -0.4 is 11.1 Å². The first kappa shape index (κ1) is 18.0. The number of carboxylic acids is 1. The van der Waals surface area contributed by atoms with E-state index in [9.17, 15) is 19.5 Å². The maximum atomic E-state index is 12.4. The summed E-state index contributed by atoms with van der Waals surface area (Å²) in [5.41, 5.74) is 6.57. The molecule has 9 heteroatoms. The average Bonchev–Trinajstić information content (AvgIpc) is 2.58. The summed E-state index contributed by atoms with van der Waals surface area (Å²) in [6.07, 6.45) is 0. The van der Waals surface area contributed by atoms with Gasteiger partial charge in [-0.2, -0.15) is 0 Å². The largest absolute Gasteiger partial charge is 0.480 e. The van der Waals surface area contributed by atoms with E-state index in [-0.39, 0.29) is 0 Å². The first-order valence-corrected chi connectivity index (χ1v) is 9.13. The Balaban J connectivity index is 1.71. The lowest BCUT2D eigenvalue weighted by Crippen LogP contribution is -2.78. The van der Waals surface area contributed by atoms with Crippen molar-refractivity contribution in [3.8, 4) is 0 Å². The van der Waals surface area contributed by atoms with Crippen molar-refractivity contribution >= 4 is 41.1 Å². The van der Waals surface area contributed by atoms with Gasteiger partial charge >= 0.3 is 5.97 Å². The van der Waals surface area contributed by atoms with Crippen molar-refractivity contribution in [1.82, 2.24) is 10.2 Å². The van der Waals surface area contributed by atoms with Crippen LogP contribution in [0.15, 0.2) is 30.3 Å². The number of rotatable bonds is 4. The molecule has 0 aromatic heterocycles. The molecule has 134 valence electrons. The summed E-state index contributed by atoms with van der Waals surface area (Å²) in [6, 6.07) is 6.01. The molecule has 4 N–H and O–H groups in total. The van der Waals surface area contributed by atoms with Crippen LogP contribution in [-0.4, -0.2) is 55.9 Å². The highest BCUT2D eigenvalue weighted by molar-refractivity contribution is 8.00. The number of amides is 2. The Morgan fingerprint density at radius 1 is 1.44 bits per heavy atom. The zero-order valence-corrected chi connectivity index (χ0v) is 15.0. The topological polar surface area (TPSA) is 113 Å². The fourth-order valence-corrected chi connectivity index (χ4v) is 4.92. The number of aliphatic carboxylic acids is 1. The summed E-state index contributed by atoms with van der Waals surface area (Å²) in [4.78, 5) is 36.5. The van der Waals surface area contributed by atoms with Crippen LogP contribution in [0.3, 0.4) is 0 Å². The van der Waals surface area contributed by atoms with Gasteiger partial charge in [-0.1, -0.05) is 30.3 Å². The molecule has 2 heterocycles. The van der Waals surface area contributed by atoms with E-state index >= 15 is 0 Å². The van der Waals surface area contributed by atoms with Gasteiger partial charge in [0, 0.05) is 5.75 Å². The zero-order chi connectivity index (χ0) is 18.4. The molecule has 5 atom stereocenters. The van der Waals surface area contributed by atoms with Crippen molar-refractivity contribution in [1.29, 1.82) is 0 Å². The van der Waals surface area contributed by atoms with E-state index in [2.05, 4.69) is 5.32 Å². The number of hydrogen-bond donors (Lipinski definition) is 3. The highest BCUT2D eigenvalue weighted by atomic mass is 35.5. The van der Waals surface area contributed by atoms with Crippen molar-refractivity contribution in [2.45, 2.75) is 35.3 Å². The van der Waals surface area contributed by atoms with Crippen molar-refractivity contribution in [3.63, 3.8) is 0 Å². The fourth-order valence-electron chi connectivity index (χ4n) is 3.12. The summed E-state index contributed by atoms with van der Waals surface area (Å²) in [6.45, 7) is 1.60. The number of benzene rings is 1. The fraction of sp³-hybridized carbons (Fsp3) is 0.438. The lowest BCUT2D eigenvalue weighted by atomic mass is 9.94. The SMILES string of the molecule is C[C@@]1(Cl)CS[C@H]2[C@H](NC(=O)C(N)c3ccccc3)C(=O)N2[C@H]1C(=O)O. The van der Waals surface area contributed by atoms with Crippen LogP contribution in [0.25, 0.3) is 0 Å². The van der Waals surface area contributed by atoms with Crippen LogP contribution in [0, 0.1) is 0 Å². The van der Waals surface area contributed by atoms with Gasteiger partial charge in [0.1, 0.15) is 23.5 Å². The Kier molecular flexibility index (Phi) is 4.70. The molecule has 0 radical (unpaired) electrons. The van der Waals surface area contributed by atoms with Gasteiger partial charge in [-0.15, -0.1) is 23.4 Å². The summed E-state index contributed by atoms with van der Waals surface area (Å²) >= 11 is 7.63. The molecular weight excluding hydrogens is 366 g/mol. The Labute approximate surface area is 153 Å². The van der Waals surface area contributed by atoms with E-state index in [1.807, 2.05) is 6.07 Å². The van der Waals surface area contributed by atoms with E-state index in [0.717, 1.165) is 0 Å². The molecule has 0 saturated carbocycles. The number of β-lactam (4-membered cyclic amide) rings is 1. The first-order valence-electron chi connectivity index (χ1n) is 7.70. The monoisotopic (exact) mass is 383 g/mol. The van der Waals surface area contributed by atoms with Crippen LogP contribution in [0.2, 0.25) is 0 Å². The van der Waals surface area contributed by atoms with Crippen LogP contribution in [0.1, 0.15) is 18.5 Å². The number of carbonyl (C=O) groups is 3. The lowest BCUT2D eigenvalue weighted by molar-refractivity contribution is -0.164. The van der Waals surface area contributed by atoms with Crippen LogP contribution in [0.5, 0.6) is 0 Å². The highest BCUT2D eigenvalue weighted by Crippen LogP contribution is 2.45. The zero-order valence-electron chi connectivity index (χ0n) is 13.4. The number of hydrogen-bond acceptors (Lipinski definition) is 5. The van der Waals surface area contributed by atoms with Crippen molar-refractivity contribution in [3.05, 3.63) is 35.9 Å². The second-order valence-corrected chi connectivity index (χ2v) is 8.31. The molecule has 2 fully saturated rings. The number of alkyl halides is 1. The van der Waals surface area contributed by atoms with Gasteiger partial charge in [-0.3, -0.25) is 9.59 Å². The first-order chi connectivity index (χ1) is 11.7. The molecule has 7 nitrogen and oxygen atoms in total. The Bertz CT molecular complexity index is 715. The molecule has 1 unspecified atom stereocenters. The molecule has 0 aliphatic carbocycles. The number of nitrogens with zero attached hydrogens (tertiary/aromatic N) is 1. The smallest absolute Gasteiger partial charge is 0.328 e. The van der Waals surface area contributed by atoms with Crippen molar-refractivity contribution < 1.29 is 19.5 Å². The second-order valence-electron chi connectivity index (χ2n) is 6.34. The predicted molar refractivity (Wildman–Crippen MR) is 94.1 cm³/mol. The maximum Gasteiger partial charge on any atom is 0.328 e. The second kappa shape index (κ2) is 6.51. The lowest BCUT2D eigenvalue weighted by Gasteiger charge is -2.55. The number of nitrogens with two attached hydrogens (primary N) is 1. The van der Waals surface area contributed by atoms with Crippen molar-refractivity contribution in [2.24, 2.45) is 5.73 Å². The van der Waals surface area contributed by atoms with Gasteiger partial charge in [0.2, 0.25) is 11.8 Å². The van der Waals surface area contributed by atoms with E-state index in [4.69, 9.17) is 17.3 Å². The molecule has 1 aromatic carbocycles. The summed E-state index contributed by atoms with van der Waals surface area (Å²) in [7, 11) is 0. The minimum atomic E-state index is -1.15. The van der Waals surface area contributed by atoms with E-state index in [1.54, 1.807) is 31.2 Å². The number of halogens is 1. The van der Waals surface area contributed by atoms with E-state index in [1.165, 1.54) is 16.7 Å². The Morgan fingerprint density at radius 3 is 2.68 bits per heavy atom. The van der Waals surface area contributed by atoms with Gasteiger partial charge in [-0.25, -0.2) is 4.79 Å². The number of thioether (sulfide) groups is 1. The van der Waals surface area contributed by atoms with Crippen molar-refractivity contribution in [2.75, 3.05) is 5.75 Å². The minimum absolute atomic E-state index is 0.358. The molecule has 1 aromatic rings. The summed E-state index contributed by atoms with van der Waals surface area (Å²) in [5.74, 6) is -1.72. The molecule has 0 bridgehead atoms. The molecule has 2 aliphatic rings. The van der Waals surface area contributed by atoms with Gasteiger partial charge in [0.25, 0.3) is 0 Å². The van der Waals surface area contributed by atoms with Crippen LogP contribution >= 0.6 is 23.4 Å². The number of carboxylic acid groups (broad SMARTS) is 1. The van der Waals surface area contributed by atoms with Gasteiger partial charge in [-0.05, 0) is 12.5 Å². The van der Waals surface area contributed by atoms with Gasteiger partial charge in [0.15, 0.2) is 0 Å². The van der Waals surface area contributed by atoms with E-state index < -0.39 is 46.2 Å².